The van der Waals surface area contributed by atoms with Crippen molar-refractivity contribution in [3.8, 4) is 17.1 Å². The summed E-state index contributed by atoms with van der Waals surface area (Å²) in [7, 11) is 1.32. The minimum absolute atomic E-state index is 0. The Kier molecular flexibility index (Phi) is 4.27. The SMILES string of the molecule is COc1cc(C(F)(F)F)ccc1-c1nc2cnccc2[nH]1.Cl. The highest BCUT2D eigenvalue weighted by molar-refractivity contribution is 5.85. The summed E-state index contributed by atoms with van der Waals surface area (Å²) >= 11 is 0. The molecule has 8 heteroatoms. The van der Waals surface area contributed by atoms with Gasteiger partial charge >= 0.3 is 6.18 Å². The normalized spacial score (nSPS) is 11.3. The lowest BCUT2D eigenvalue weighted by Crippen LogP contribution is -2.05. The molecule has 4 nitrogen and oxygen atoms in total. The standard InChI is InChI=1S/C14H10F3N3O.ClH/c1-21-12-6-8(14(15,16)17)2-3-9(12)13-19-10-4-5-18-7-11(10)20-13;/h2-7H,1H3,(H,19,20);1H. The molecule has 0 amide bonds. The number of pyridine rings is 1. The van der Waals surface area contributed by atoms with E-state index >= 15 is 0 Å². The number of benzene rings is 1. The number of fused-ring (bicyclic) bond motifs is 1. The van der Waals surface area contributed by atoms with Gasteiger partial charge in [-0.1, -0.05) is 0 Å². The Bertz CT molecular complexity index is 768. The Morgan fingerprint density at radius 3 is 2.59 bits per heavy atom. The molecule has 3 aromatic rings. The van der Waals surface area contributed by atoms with E-state index in [1.54, 1.807) is 18.5 Å². The van der Waals surface area contributed by atoms with Crippen LogP contribution in [0.4, 0.5) is 13.2 Å². The smallest absolute Gasteiger partial charge is 0.416 e. The Morgan fingerprint density at radius 2 is 1.95 bits per heavy atom. The van der Waals surface area contributed by atoms with E-state index in [9.17, 15) is 13.2 Å². The van der Waals surface area contributed by atoms with Crippen molar-refractivity contribution >= 4 is 23.4 Å². The molecular formula is C14H11ClF3N3O. The summed E-state index contributed by atoms with van der Waals surface area (Å²) in [6.07, 6.45) is -1.23. The molecule has 2 heterocycles. The zero-order valence-corrected chi connectivity index (χ0v) is 12.1. The van der Waals surface area contributed by atoms with Crippen molar-refractivity contribution in [3.05, 3.63) is 42.2 Å². The van der Waals surface area contributed by atoms with E-state index in [2.05, 4.69) is 15.0 Å². The topological polar surface area (TPSA) is 50.8 Å². The first-order chi connectivity index (χ1) is 9.99. The summed E-state index contributed by atoms with van der Waals surface area (Å²) in [6.45, 7) is 0. The molecule has 0 bridgehead atoms. The van der Waals surface area contributed by atoms with Crippen molar-refractivity contribution in [2.24, 2.45) is 0 Å². The Balaban J connectivity index is 0.00000176. The molecule has 3 rings (SSSR count). The summed E-state index contributed by atoms with van der Waals surface area (Å²) in [5.41, 5.74) is 1.08. The zero-order chi connectivity index (χ0) is 15.0. The van der Waals surface area contributed by atoms with Gasteiger partial charge in [-0.2, -0.15) is 13.2 Å². The third-order valence-electron chi connectivity index (χ3n) is 3.07. The number of imidazole rings is 1. The van der Waals surface area contributed by atoms with Gasteiger partial charge in [0.05, 0.1) is 30.0 Å². The first-order valence-corrected chi connectivity index (χ1v) is 6.04. The fourth-order valence-corrected chi connectivity index (χ4v) is 2.05. The lowest BCUT2D eigenvalue weighted by molar-refractivity contribution is -0.137. The van der Waals surface area contributed by atoms with E-state index < -0.39 is 11.7 Å². The second kappa shape index (κ2) is 5.84. The molecule has 0 radical (unpaired) electrons. The number of nitrogens with zero attached hydrogens (tertiary/aromatic N) is 2. The minimum atomic E-state index is -4.41. The molecule has 0 saturated heterocycles. The van der Waals surface area contributed by atoms with Crippen LogP contribution in [0.5, 0.6) is 5.75 Å². The summed E-state index contributed by atoms with van der Waals surface area (Å²) in [5, 5.41) is 0. The molecule has 1 aromatic carbocycles. The van der Waals surface area contributed by atoms with Crippen LogP contribution in [-0.2, 0) is 6.18 Å². The monoisotopic (exact) mass is 329 g/mol. The van der Waals surface area contributed by atoms with Crippen molar-refractivity contribution < 1.29 is 17.9 Å². The highest BCUT2D eigenvalue weighted by Gasteiger charge is 2.31. The van der Waals surface area contributed by atoms with Gasteiger partial charge < -0.3 is 9.72 Å². The van der Waals surface area contributed by atoms with Gasteiger partial charge in [-0.05, 0) is 24.3 Å². The van der Waals surface area contributed by atoms with Gasteiger partial charge in [0, 0.05) is 6.20 Å². The van der Waals surface area contributed by atoms with Crippen LogP contribution < -0.4 is 4.74 Å². The lowest BCUT2D eigenvalue weighted by atomic mass is 10.1. The van der Waals surface area contributed by atoms with E-state index in [1.165, 1.54) is 13.2 Å². The van der Waals surface area contributed by atoms with Gasteiger partial charge in [-0.15, -0.1) is 12.4 Å². The second-order valence-corrected chi connectivity index (χ2v) is 4.39. The molecule has 0 spiro atoms. The Hall–Kier alpha value is -2.28. The summed E-state index contributed by atoms with van der Waals surface area (Å²) in [6, 6.07) is 5.04. The van der Waals surface area contributed by atoms with Crippen LogP contribution in [0.3, 0.4) is 0 Å². The number of hydrogen-bond donors (Lipinski definition) is 1. The lowest BCUT2D eigenvalue weighted by Gasteiger charge is -2.11. The highest BCUT2D eigenvalue weighted by atomic mass is 35.5. The fraction of sp³-hybridized carbons (Fsp3) is 0.143. The van der Waals surface area contributed by atoms with Crippen molar-refractivity contribution in [3.63, 3.8) is 0 Å². The van der Waals surface area contributed by atoms with Crippen molar-refractivity contribution in [2.75, 3.05) is 7.11 Å². The zero-order valence-electron chi connectivity index (χ0n) is 11.3. The molecule has 0 aliphatic rings. The van der Waals surface area contributed by atoms with Crippen molar-refractivity contribution in [1.29, 1.82) is 0 Å². The average molecular weight is 330 g/mol. The number of nitrogens with one attached hydrogen (secondary N) is 1. The second-order valence-electron chi connectivity index (χ2n) is 4.39. The van der Waals surface area contributed by atoms with Crippen molar-refractivity contribution in [1.82, 2.24) is 15.0 Å². The van der Waals surface area contributed by atoms with Gasteiger partial charge in [0.1, 0.15) is 17.1 Å². The molecule has 0 aliphatic heterocycles. The average Bonchev–Trinajstić information content (AvgIpc) is 2.89. The van der Waals surface area contributed by atoms with Gasteiger partial charge in [0.15, 0.2) is 0 Å². The van der Waals surface area contributed by atoms with Crippen LogP contribution in [-0.4, -0.2) is 22.1 Å². The number of aromatic nitrogens is 3. The van der Waals surface area contributed by atoms with E-state index in [0.29, 0.717) is 16.9 Å². The summed E-state index contributed by atoms with van der Waals surface area (Å²) < 4.78 is 43.2. The number of halogens is 4. The summed E-state index contributed by atoms with van der Waals surface area (Å²) in [4.78, 5) is 11.3. The number of alkyl halides is 3. The molecule has 0 saturated carbocycles. The van der Waals surface area contributed by atoms with Gasteiger partial charge in [-0.3, -0.25) is 4.98 Å². The van der Waals surface area contributed by atoms with Crippen LogP contribution in [0.1, 0.15) is 5.56 Å². The quantitative estimate of drug-likeness (QED) is 0.771. The predicted molar refractivity (Wildman–Crippen MR) is 78.1 cm³/mol. The maximum Gasteiger partial charge on any atom is 0.416 e. The maximum absolute atomic E-state index is 12.7. The number of methoxy groups -OCH3 is 1. The molecule has 116 valence electrons. The van der Waals surface area contributed by atoms with E-state index in [4.69, 9.17) is 4.74 Å². The third kappa shape index (κ3) is 2.85. The number of rotatable bonds is 2. The van der Waals surface area contributed by atoms with Gasteiger partial charge in [0.25, 0.3) is 0 Å². The third-order valence-corrected chi connectivity index (χ3v) is 3.07. The van der Waals surface area contributed by atoms with Crippen LogP contribution in [0.2, 0.25) is 0 Å². The molecular weight excluding hydrogens is 319 g/mol. The van der Waals surface area contributed by atoms with Crippen LogP contribution in [0.15, 0.2) is 36.7 Å². The molecule has 2 aromatic heterocycles. The molecule has 0 atom stereocenters. The van der Waals surface area contributed by atoms with Crippen molar-refractivity contribution in [2.45, 2.75) is 6.18 Å². The fourth-order valence-electron chi connectivity index (χ4n) is 2.05. The largest absolute Gasteiger partial charge is 0.496 e. The predicted octanol–water partition coefficient (Wildman–Crippen LogP) is 4.07. The first-order valence-electron chi connectivity index (χ1n) is 6.04. The maximum atomic E-state index is 12.7. The number of aromatic amines is 1. The van der Waals surface area contributed by atoms with Crippen LogP contribution >= 0.6 is 12.4 Å². The van der Waals surface area contributed by atoms with Crippen LogP contribution in [0.25, 0.3) is 22.4 Å². The minimum Gasteiger partial charge on any atom is -0.496 e. The first kappa shape index (κ1) is 16.1. The Morgan fingerprint density at radius 1 is 1.18 bits per heavy atom. The van der Waals surface area contributed by atoms with Gasteiger partial charge in [0.2, 0.25) is 0 Å². The molecule has 22 heavy (non-hydrogen) atoms. The number of hydrogen-bond acceptors (Lipinski definition) is 3. The molecule has 0 fully saturated rings. The number of H-pyrrole nitrogens is 1. The molecule has 0 aliphatic carbocycles. The number of ether oxygens (including phenoxy) is 1. The molecule has 1 N–H and O–H groups in total. The Labute approximate surface area is 129 Å². The van der Waals surface area contributed by atoms with E-state index in [-0.39, 0.29) is 18.2 Å². The molecule has 0 unspecified atom stereocenters. The van der Waals surface area contributed by atoms with E-state index in [1.807, 2.05) is 0 Å². The highest BCUT2D eigenvalue weighted by Crippen LogP contribution is 2.36. The van der Waals surface area contributed by atoms with E-state index in [0.717, 1.165) is 17.6 Å². The summed E-state index contributed by atoms with van der Waals surface area (Å²) in [5.74, 6) is 0.542. The van der Waals surface area contributed by atoms with Crippen LogP contribution in [0, 0.1) is 0 Å². The van der Waals surface area contributed by atoms with Gasteiger partial charge in [-0.25, -0.2) is 4.98 Å².